The molecular weight excluding hydrogens is 491 g/mol. The summed E-state index contributed by atoms with van der Waals surface area (Å²) in [7, 11) is 0. The van der Waals surface area contributed by atoms with Gasteiger partial charge in [-0.25, -0.2) is 4.39 Å². The summed E-state index contributed by atoms with van der Waals surface area (Å²) in [5.74, 6) is 0.469. The van der Waals surface area contributed by atoms with E-state index in [0.29, 0.717) is 40.0 Å². The number of ether oxygens (including phenoxy) is 1. The molecule has 0 spiro atoms. The molecule has 3 heterocycles. The summed E-state index contributed by atoms with van der Waals surface area (Å²) in [6.07, 6.45) is 1.67. The molecule has 0 saturated carbocycles. The first-order valence-electron chi connectivity index (χ1n) is 11.5. The number of hydrogen-bond donors (Lipinski definition) is 0. The second kappa shape index (κ2) is 9.11. The van der Waals surface area contributed by atoms with Crippen LogP contribution in [0.1, 0.15) is 11.1 Å². The molecule has 1 aliphatic heterocycles. The number of aromatic nitrogens is 3. The Morgan fingerprint density at radius 2 is 1.76 bits per heavy atom. The lowest BCUT2D eigenvalue weighted by Gasteiger charge is -2.17. The molecule has 7 nitrogen and oxygen atoms in total. The van der Waals surface area contributed by atoms with Crippen LogP contribution in [0.15, 0.2) is 90.2 Å². The van der Waals surface area contributed by atoms with Gasteiger partial charge in [0.25, 0.3) is 11.5 Å². The van der Waals surface area contributed by atoms with Gasteiger partial charge in [0.2, 0.25) is 4.96 Å². The average molecular weight is 511 g/mol. The lowest BCUT2D eigenvalue weighted by Crippen LogP contribution is -2.32. The van der Waals surface area contributed by atoms with E-state index in [1.807, 2.05) is 36.4 Å². The number of anilines is 1. The van der Waals surface area contributed by atoms with Crippen LogP contribution in [0.25, 0.3) is 21.9 Å². The van der Waals surface area contributed by atoms with E-state index in [2.05, 4.69) is 16.7 Å². The zero-order chi connectivity index (χ0) is 25.5. The minimum atomic E-state index is -0.397. The second-order valence-electron chi connectivity index (χ2n) is 8.40. The van der Waals surface area contributed by atoms with Crippen LogP contribution >= 0.6 is 11.3 Å². The highest BCUT2D eigenvalue weighted by molar-refractivity contribution is 7.15. The van der Waals surface area contributed by atoms with E-state index in [-0.39, 0.29) is 22.8 Å². The number of fused-ring (bicyclic) bond motifs is 2. The van der Waals surface area contributed by atoms with Gasteiger partial charge in [0.15, 0.2) is 5.82 Å². The van der Waals surface area contributed by atoms with Crippen LogP contribution in [0.3, 0.4) is 0 Å². The number of nitrogens with zero attached hydrogens (tertiary/aromatic N) is 4. The molecule has 0 bridgehead atoms. The number of carbonyl (C=O) groups excluding carboxylic acids is 1. The molecule has 6 rings (SSSR count). The molecule has 0 N–H and O–H groups in total. The first-order chi connectivity index (χ1) is 18.0. The molecule has 3 aromatic carbocycles. The summed E-state index contributed by atoms with van der Waals surface area (Å²) < 4.78 is 20.4. The predicted molar refractivity (Wildman–Crippen MR) is 140 cm³/mol. The van der Waals surface area contributed by atoms with Crippen LogP contribution in [-0.2, 0) is 11.3 Å². The Bertz CT molecular complexity index is 1780. The number of amides is 1. The number of carbonyl (C=O) groups is 1. The van der Waals surface area contributed by atoms with Gasteiger partial charge in [-0.15, -0.1) is 5.10 Å². The number of thiazole rings is 1. The molecular formula is C28H19FN4O3S. The van der Waals surface area contributed by atoms with E-state index < -0.39 is 5.56 Å². The minimum absolute atomic E-state index is 0.255. The largest absolute Gasteiger partial charge is 0.490 e. The third-order valence-electron chi connectivity index (χ3n) is 6.04. The van der Waals surface area contributed by atoms with Crippen LogP contribution in [0, 0.1) is 5.82 Å². The third kappa shape index (κ3) is 3.99. The lowest BCUT2D eigenvalue weighted by atomic mass is 10.1. The Kier molecular flexibility index (Phi) is 5.61. The van der Waals surface area contributed by atoms with Gasteiger partial charge in [-0.2, -0.15) is 9.50 Å². The molecule has 1 amide bonds. The van der Waals surface area contributed by atoms with E-state index in [4.69, 9.17) is 4.74 Å². The first kappa shape index (κ1) is 22.8. The zero-order valence-corrected chi connectivity index (χ0v) is 20.2. The molecule has 0 atom stereocenters. The molecule has 182 valence electrons. The fourth-order valence-electron chi connectivity index (χ4n) is 4.29. The SMILES string of the molecule is C=CCOc1ccc(-c2nc3sc(=C4C(=O)N(Cc5ccc(F)cc5)c5ccccc54)c(=O)n3n2)cc1. The maximum Gasteiger partial charge on any atom is 0.291 e. The molecule has 0 unspecified atom stereocenters. The fraction of sp³-hybridized carbons (Fsp3) is 0.0714. The van der Waals surface area contributed by atoms with Crippen molar-refractivity contribution in [3.8, 4) is 17.1 Å². The van der Waals surface area contributed by atoms with Gasteiger partial charge in [0.05, 0.1) is 17.8 Å². The molecule has 0 fully saturated rings. The van der Waals surface area contributed by atoms with E-state index in [1.54, 1.807) is 35.2 Å². The summed E-state index contributed by atoms with van der Waals surface area (Å²) in [5, 5.41) is 4.42. The van der Waals surface area contributed by atoms with Crippen LogP contribution < -0.4 is 19.7 Å². The summed E-state index contributed by atoms with van der Waals surface area (Å²) in [5.41, 5.74) is 2.82. The molecule has 0 aliphatic carbocycles. The predicted octanol–water partition coefficient (Wildman–Crippen LogP) is 3.99. The minimum Gasteiger partial charge on any atom is -0.490 e. The number of halogens is 1. The summed E-state index contributed by atoms with van der Waals surface area (Å²) in [6.45, 7) is 4.29. The van der Waals surface area contributed by atoms with E-state index >= 15 is 0 Å². The third-order valence-corrected chi connectivity index (χ3v) is 7.07. The van der Waals surface area contributed by atoms with Crippen LogP contribution in [0.4, 0.5) is 10.1 Å². The van der Waals surface area contributed by atoms with Crippen molar-refractivity contribution in [2.75, 3.05) is 11.5 Å². The van der Waals surface area contributed by atoms with Crippen molar-refractivity contribution in [3.63, 3.8) is 0 Å². The van der Waals surface area contributed by atoms with E-state index in [0.717, 1.165) is 22.5 Å². The van der Waals surface area contributed by atoms with Gasteiger partial charge in [-0.05, 0) is 48.0 Å². The van der Waals surface area contributed by atoms with E-state index in [9.17, 15) is 14.0 Å². The quantitative estimate of drug-likeness (QED) is 0.323. The average Bonchev–Trinajstić information content (AvgIpc) is 3.55. The Labute approximate surface area is 214 Å². The van der Waals surface area contributed by atoms with Crippen molar-refractivity contribution in [1.82, 2.24) is 14.6 Å². The molecule has 0 radical (unpaired) electrons. The normalized spacial score (nSPS) is 14.3. The number of benzene rings is 3. The number of hydrogen-bond acceptors (Lipinski definition) is 6. The highest BCUT2D eigenvalue weighted by Gasteiger charge is 2.34. The van der Waals surface area contributed by atoms with E-state index in [1.165, 1.54) is 16.6 Å². The van der Waals surface area contributed by atoms with Gasteiger partial charge in [-0.3, -0.25) is 9.59 Å². The van der Waals surface area contributed by atoms with Crippen LogP contribution in [0.5, 0.6) is 5.75 Å². The summed E-state index contributed by atoms with van der Waals surface area (Å²) in [6, 6.07) is 20.6. The zero-order valence-electron chi connectivity index (χ0n) is 19.4. The van der Waals surface area contributed by atoms with Crippen molar-refractivity contribution >= 4 is 33.5 Å². The first-order valence-corrected chi connectivity index (χ1v) is 12.3. The Morgan fingerprint density at radius 1 is 1.00 bits per heavy atom. The number of rotatable bonds is 6. The van der Waals surface area contributed by atoms with Crippen LogP contribution in [-0.4, -0.2) is 27.1 Å². The molecule has 5 aromatic rings. The standard InChI is InChI=1S/C28H19FN4O3S/c1-2-15-36-20-13-9-18(10-14-20)25-30-28-33(31-25)27(35)24(37-28)23-21-5-3-4-6-22(21)32(26(23)34)16-17-7-11-19(29)12-8-17/h2-14H,1,15-16H2. The summed E-state index contributed by atoms with van der Waals surface area (Å²) >= 11 is 1.14. The molecule has 2 aromatic heterocycles. The molecule has 0 saturated heterocycles. The molecule has 1 aliphatic rings. The van der Waals surface area contributed by atoms with Crippen molar-refractivity contribution in [2.45, 2.75) is 6.54 Å². The van der Waals surface area contributed by atoms with Crippen molar-refractivity contribution < 1.29 is 13.9 Å². The fourth-order valence-corrected chi connectivity index (χ4v) is 5.29. The highest BCUT2D eigenvalue weighted by atomic mass is 32.1. The topological polar surface area (TPSA) is 76.8 Å². The maximum absolute atomic E-state index is 13.6. The lowest BCUT2D eigenvalue weighted by molar-refractivity contribution is -0.113. The van der Waals surface area contributed by atoms with Crippen molar-refractivity contribution in [3.05, 3.63) is 117 Å². The smallest absolute Gasteiger partial charge is 0.291 e. The van der Waals surface area contributed by atoms with Crippen LogP contribution in [0.2, 0.25) is 0 Å². The maximum atomic E-state index is 13.6. The molecule has 9 heteroatoms. The van der Waals surface area contributed by atoms with Crippen molar-refractivity contribution in [1.29, 1.82) is 0 Å². The Morgan fingerprint density at radius 3 is 2.49 bits per heavy atom. The Hall–Kier alpha value is -4.63. The Balaban J connectivity index is 1.40. The highest BCUT2D eigenvalue weighted by Crippen LogP contribution is 2.36. The van der Waals surface area contributed by atoms with Gasteiger partial charge >= 0.3 is 0 Å². The van der Waals surface area contributed by atoms with Crippen molar-refractivity contribution in [2.24, 2.45) is 0 Å². The monoisotopic (exact) mass is 510 g/mol. The number of para-hydroxylation sites is 1. The van der Waals surface area contributed by atoms with Gasteiger partial charge in [0, 0.05) is 11.1 Å². The van der Waals surface area contributed by atoms with Gasteiger partial charge in [0.1, 0.15) is 22.7 Å². The second-order valence-corrected chi connectivity index (χ2v) is 9.38. The van der Waals surface area contributed by atoms with Gasteiger partial charge < -0.3 is 9.64 Å². The van der Waals surface area contributed by atoms with Gasteiger partial charge in [-0.1, -0.05) is 54.3 Å². The summed E-state index contributed by atoms with van der Waals surface area (Å²) in [4.78, 5) is 33.5. The molecule has 37 heavy (non-hydrogen) atoms.